The van der Waals surface area contributed by atoms with Crippen molar-refractivity contribution in [3.63, 3.8) is 0 Å². The summed E-state index contributed by atoms with van der Waals surface area (Å²) in [5, 5.41) is 3.21. The Morgan fingerprint density at radius 2 is 2.22 bits per heavy atom. The molecule has 1 aromatic carbocycles. The fourth-order valence-electron chi connectivity index (χ4n) is 2.13. The van der Waals surface area contributed by atoms with Crippen LogP contribution in [-0.4, -0.2) is 26.0 Å². The summed E-state index contributed by atoms with van der Waals surface area (Å²) in [5.41, 5.74) is 0.645. The van der Waals surface area contributed by atoms with Gasteiger partial charge in [0, 0.05) is 18.1 Å². The molecule has 1 N–H and O–H groups in total. The predicted molar refractivity (Wildman–Crippen MR) is 69.9 cm³/mol. The SMILES string of the molecule is O=S1(=O)CCCC1CNCc1cc(F)ccc1Cl. The second kappa shape index (κ2) is 5.55. The Labute approximate surface area is 111 Å². The fraction of sp³-hybridized carbons (Fsp3) is 0.500. The maximum Gasteiger partial charge on any atom is 0.154 e. The van der Waals surface area contributed by atoms with E-state index in [-0.39, 0.29) is 16.8 Å². The number of sulfone groups is 1. The molecule has 0 bridgehead atoms. The van der Waals surface area contributed by atoms with Gasteiger partial charge in [-0.15, -0.1) is 0 Å². The summed E-state index contributed by atoms with van der Waals surface area (Å²) in [4.78, 5) is 0. The van der Waals surface area contributed by atoms with Crippen molar-refractivity contribution < 1.29 is 12.8 Å². The van der Waals surface area contributed by atoms with Crippen LogP contribution in [0.15, 0.2) is 18.2 Å². The Kier molecular flexibility index (Phi) is 4.25. The Morgan fingerprint density at radius 1 is 1.44 bits per heavy atom. The molecule has 1 saturated heterocycles. The van der Waals surface area contributed by atoms with Crippen LogP contribution in [0.2, 0.25) is 5.02 Å². The van der Waals surface area contributed by atoms with Crippen molar-refractivity contribution in [2.24, 2.45) is 0 Å². The van der Waals surface area contributed by atoms with Crippen molar-refractivity contribution in [3.05, 3.63) is 34.6 Å². The van der Waals surface area contributed by atoms with Gasteiger partial charge in [-0.1, -0.05) is 11.6 Å². The number of rotatable bonds is 4. The van der Waals surface area contributed by atoms with Crippen LogP contribution >= 0.6 is 11.6 Å². The lowest BCUT2D eigenvalue weighted by Crippen LogP contribution is -2.30. The second-order valence-electron chi connectivity index (χ2n) is 4.50. The van der Waals surface area contributed by atoms with Gasteiger partial charge in [-0.25, -0.2) is 12.8 Å². The molecule has 1 fully saturated rings. The van der Waals surface area contributed by atoms with Gasteiger partial charge in [0.1, 0.15) is 5.82 Å². The number of nitrogens with one attached hydrogen (secondary N) is 1. The number of benzene rings is 1. The van der Waals surface area contributed by atoms with E-state index < -0.39 is 9.84 Å². The largest absolute Gasteiger partial charge is 0.311 e. The molecule has 1 atom stereocenters. The average Bonchev–Trinajstić information content (AvgIpc) is 2.63. The summed E-state index contributed by atoms with van der Waals surface area (Å²) in [6.45, 7) is 0.776. The van der Waals surface area contributed by atoms with E-state index in [9.17, 15) is 12.8 Å². The molecule has 100 valence electrons. The molecule has 6 heteroatoms. The summed E-state index contributed by atoms with van der Waals surface area (Å²) in [6, 6.07) is 4.16. The fourth-order valence-corrected chi connectivity index (χ4v) is 4.12. The average molecular weight is 292 g/mol. The van der Waals surface area contributed by atoms with Crippen LogP contribution in [0.1, 0.15) is 18.4 Å². The second-order valence-corrected chi connectivity index (χ2v) is 7.31. The van der Waals surface area contributed by atoms with Gasteiger partial charge in [-0.05, 0) is 36.6 Å². The minimum atomic E-state index is -2.93. The van der Waals surface area contributed by atoms with Gasteiger partial charge in [-0.2, -0.15) is 0 Å². The van der Waals surface area contributed by atoms with Crippen LogP contribution in [0.4, 0.5) is 4.39 Å². The lowest BCUT2D eigenvalue weighted by Gasteiger charge is -2.11. The van der Waals surface area contributed by atoms with Gasteiger partial charge in [0.2, 0.25) is 0 Å². The first-order valence-electron chi connectivity index (χ1n) is 5.85. The van der Waals surface area contributed by atoms with E-state index >= 15 is 0 Å². The highest BCUT2D eigenvalue weighted by molar-refractivity contribution is 7.92. The van der Waals surface area contributed by atoms with Crippen LogP contribution in [0.3, 0.4) is 0 Å². The van der Waals surface area contributed by atoms with Crippen molar-refractivity contribution >= 4 is 21.4 Å². The minimum absolute atomic E-state index is 0.278. The van der Waals surface area contributed by atoms with Gasteiger partial charge < -0.3 is 5.32 Å². The first kappa shape index (κ1) is 13.8. The van der Waals surface area contributed by atoms with E-state index in [0.29, 0.717) is 30.1 Å². The Balaban J connectivity index is 1.91. The molecule has 0 spiro atoms. The van der Waals surface area contributed by atoms with E-state index in [2.05, 4.69) is 5.32 Å². The van der Waals surface area contributed by atoms with E-state index in [1.807, 2.05) is 0 Å². The van der Waals surface area contributed by atoms with Gasteiger partial charge in [0.05, 0.1) is 11.0 Å². The number of hydrogen-bond donors (Lipinski definition) is 1. The van der Waals surface area contributed by atoms with Crippen LogP contribution in [0.5, 0.6) is 0 Å². The van der Waals surface area contributed by atoms with Crippen molar-refractivity contribution in [1.82, 2.24) is 5.32 Å². The highest BCUT2D eigenvalue weighted by Gasteiger charge is 2.30. The molecule has 1 aliphatic rings. The summed E-state index contributed by atoms with van der Waals surface area (Å²) in [7, 11) is -2.93. The van der Waals surface area contributed by atoms with Crippen molar-refractivity contribution in [1.29, 1.82) is 0 Å². The molecule has 0 amide bonds. The third-order valence-electron chi connectivity index (χ3n) is 3.16. The van der Waals surface area contributed by atoms with Gasteiger partial charge >= 0.3 is 0 Å². The summed E-state index contributed by atoms with van der Waals surface area (Å²) < 4.78 is 36.2. The summed E-state index contributed by atoms with van der Waals surface area (Å²) >= 11 is 5.92. The van der Waals surface area contributed by atoms with Crippen LogP contribution < -0.4 is 5.32 Å². The highest BCUT2D eigenvalue weighted by Crippen LogP contribution is 2.20. The third kappa shape index (κ3) is 3.22. The molecule has 3 nitrogen and oxygen atoms in total. The van der Waals surface area contributed by atoms with Gasteiger partial charge in [0.25, 0.3) is 0 Å². The Morgan fingerprint density at radius 3 is 2.89 bits per heavy atom. The van der Waals surface area contributed by atoms with E-state index in [4.69, 9.17) is 11.6 Å². The van der Waals surface area contributed by atoms with Crippen LogP contribution in [0, 0.1) is 5.82 Å². The molecular weight excluding hydrogens is 277 g/mol. The lowest BCUT2D eigenvalue weighted by atomic mass is 10.2. The molecule has 2 rings (SSSR count). The van der Waals surface area contributed by atoms with Crippen LogP contribution in [-0.2, 0) is 16.4 Å². The number of halogens is 2. The zero-order valence-electron chi connectivity index (χ0n) is 9.83. The number of hydrogen-bond acceptors (Lipinski definition) is 3. The van der Waals surface area contributed by atoms with Crippen molar-refractivity contribution in [2.75, 3.05) is 12.3 Å². The molecule has 0 aromatic heterocycles. The molecule has 1 aliphatic heterocycles. The molecular formula is C12H15ClFNO2S. The first-order valence-corrected chi connectivity index (χ1v) is 7.94. The lowest BCUT2D eigenvalue weighted by molar-refractivity contribution is 0.572. The summed E-state index contributed by atoms with van der Waals surface area (Å²) in [6.07, 6.45) is 1.43. The Bertz CT molecular complexity index is 533. The molecule has 18 heavy (non-hydrogen) atoms. The summed E-state index contributed by atoms with van der Waals surface area (Å²) in [5.74, 6) is -0.0650. The van der Waals surface area contributed by atoms with Crippen molar-refractivity contribution in [2.45, 2.75) is 24.6 Å². The molecule has 1 unspecified atom stereocenters. The topological polar surface area (TPSA) is 46.2 Å². The van der Waals surface area contributed by atoms with E-state index in [0.717, 1.165) is 6.42 Å². The van der Waals surface area contributed by atoms with Crippen molar-refractivity contribution in [3.8, 4) is 0 Å². The molecule has 0 radical (unpaired) electrons. The smallest absolute Gasteiger partial charge is 0.154 e. The molecule has 1 heterocycles. The maximum absolute atomic E-state index is 13.0. The zero-order chi connectivity index (χ0) is 13.2. The van der Waals surface area contributed by atoms with Gasteiger partial charge in [-0.3, -0.25) is 0 Å². The van der Waals surface area contributed by atoms with E-state index in [1.165, 1.54) is 18.2 Å². The van der Waals surface area contributed by atoms with E-state index in [1.54, 1.807) is 0 Å². The minimum Gasteiger partial charge on any atom is -0.311 e. The predicted octanol–water partition coefficient (Wildman–Crippen LogP) is 2.15. The maximum atomic E-state index is 13.0. The van der Waals surface area contributed by atoms with Crippen LogP contribution in [0.25, 0.3) is 0 Å². The molecule has 0 saturated carbocycles. The quantitative estimate of drug-likeness (QED) is 0.924. The third-order valence-corrected chi connectivity index (χ3v) is 5.80. The molecule has 0 aliphatic carbocycles. The molecule has 1 aromatic rings. The normalized spacial score (nSPS) is 22.2. The monoisotopic (exact) mass is 291 g/mol. The Hall–Kier alpha value is -0.650. The van der Waals surface area contributed by atoms with Gasteiger partial charge in [0.15, 0.2) is 9.84 Å². The zero-order valence-corrected chi connectivity index (χ0v) is 11.4. The standard InChI is InChI=1S/C12H15ClFNO2S/c13-12-4-3-10(14)6-9(12)7-15-8-11-2-1-5-18(11,16)17/h3-4,6,11,15H,1-2,5,7-8H2. The first-order chi connectivity index (χ1) is 8.49. The highest BCUT2D eigenvalue weighted by atomic mass is 35.5.